The van der Waals surface area contributed by atoms with Crippen molar-refractivity contribution in [3.8, 4) is 10.6 Å². The Morgan fingerprint density at radius 3 is 2.38 bits per heavy atom. The minimum absolute atomic E-state index is 0.0270. The molecule has 0 aliphatic rings. The number of rotatable bonds is 9. The molecule has 168 valence electrons. The molecular formula is C24H27ClN4O2S. The van der Waals surface area contributed by atoms with Gasteiger partial charge in [0, 0.05) is 35.2 Å². The number of aromatic nitrogens is 2. The number of amides is 2. The number of nitrogens with one attached hydrogen (secondary N) is 1. The fourth-order valence-corrected chi connectivity index (χ4v) is 4.07. The molecule has 6 nitrogen and oxygen atoms in total. The molecule has 2 amide bonds. The molecule has 1 aromatic heterocycles. The van der Waals surface area contributed by atoms with Crippen molar-refractivity contribution in [1.29, 1.82) is 0 Å². The van der Waals surface area contributed by atoms with E-state index in [-0.39, 0.29) is 24.3 Å². The van der Waals surface area contributed by atoms with Crippen molar-refractivity contribution in [3.63, 3.8) is 0 Å². The SMILES string of the molecule is CCc1ccc(C(=O)N(CCC(=O)Nc2nnc(-c3ccc(Cl)cc3)s2)[C@H](C)CC)cc1. The van der Waals surface area contributed by atoms with Crippen LogP contribution in [-0.2, 0) is 11.2 Å². The van der Waals surface area contributed by atoms with Crippen molar-refractivity contribution < 1.29 is 9.59 Å². The molecule has 0 saturated carbocycles. The number of carbonyl (C=O) groups is 2. The van der Waals surface area contributed by atoms with Gasteiger partial charge in [0.25, 0.3) is 5.91 Å². The van der Waals surface area contributed by atoms with Crippen LogP contribution in [0.5, 0.6) is 0 Å². The Morgan fingerprint density at radius 1 is 1.06 bits per heavy atom. The first-order valence-corrected chi connectivity index (χ1v) is 11.9. The summed E-state index contributed by atoms with van der Waals surface area (Å²) in [7, 11) is 0. The Bertz CT molecular complexity index is 1050. The molecule has 2 aromatic carbocycles. The molecule has 0 aliphatic heterocycles. The van der Waals surface area contributed by atoms with Crippen LogP contribution in [0.3, 0.4) is 0 Å². The standard InChI is InChI=1S/C24H27ClN4O2S/c1-4-16(3)29(23(31)19-8-6-17(5-2)7-9-19)15-14-21(30)26-24-28-27-22(32-24)18-10-12-20(25)13-11-18/h6-13,16H,4-5,14-15H2,1-3H3,(H,26,28,30)/t16-/m1/s1. The lowest BCUT2D eigenvalue weighted by atomic mass is 10.1. The van der Waals surface area contributed by atoms with Crippen LogP contribution in [0, 0.1) is 0 Å². The number of benzene rings is 2. The van der Waals surface area contributed by atoms with E-state index < -0.39 is 0 Å². The Balaban J connectivity index is 1.61. The number of nitrogens with zero attached hydrogens (tertiary/aromatic N) is 3. The summed E-state index contributed by atoms with van der Waals surface area (Å²) >= 11 is 7.22. The average Bonchev–Trinajstić information content (AvgIpc) is 3.27. The highest BCUT2D eigenvalue weighted by molar-refractivity contribution is 7.18. The van der Waals surface area contributed by atoms with Gasteiger partial charge in [-0.25, -0.2) is 0 Å². The third-order valence-corrected chi connectivity index (χ3v) is 6.47. The van der Waals surface area contributed by atoms with Crippen molar-refractivity contribution >= 4 is 39.9 Å². The fraction of sp³-hybridized carbons (Fsp3) is 0.333. The summed E-state index contributed by atoms with van der Waals surface area (Å²) < 4.78 is 0. The van der Waals surface area contributed by atoms with E-state index >= 15 is 0 Å². The molecule has 0 bridgehead atoms. The van der Waals surface area contributed by atoms with Crippen molar-refractivity contribution in [2.75, 3.05) is 11.9 Å². The highest BCUT2D eigenvalue weighted by Crippen LogP contribution is 2.27. The van der Waals surface area contributed by atoms with Crippen LogP contribution >= 0.6 is 22.9 Å². The van der Waals surface area contributed by atoms with Crippen LogP contribution in [0.25, 0.3) is 10.6 Å². The van der Waals surface area contributed by atoms with Crippen LogP contribution < -0.4 is 5.32 Å². The van der Waals surface area contributed by atoms with E-state index in [0.29, 0.717) is 27.3 Å². The van der Waals surface area contributed by atoms with Crippen LogP contribution in [0.2, 0.25) is 5.02 Å². The minimum Gasteiger partial charge on any atom is -0.335 e. The Morgan fingerprint density at radius 2 is 1.75 bits per heavy atom. The molecule has 0 aliphatic carbocycles. The Labute approximate surface area is 197 Å². The van der Waals surface area contributed by atoms with Gasteiger partial charge in [0.2, 0.25) is 11.0 Å². The predicted molar refractivity (Wildman–Crippen MR) is 130 cm³/mol. The second kappa shape index (κ2) is 11.2. The van der Waals surface area contributed by atoms with Gasteiger partial charge < -0.3 is 10.2 Å². The molecule has 0 saturated heterocycles. The molecule has 1 atom stereocenters. The summed E-state index contributed by atoms with van der Waals surface area (Å²) in [5.41, 5.74) is 2.71. The van der Waals surface area contributed by atoms with Crippen LogP contribution in [-0.4, -0.2) is 39.5 Å². The highest BCUT2D eigenvalue weighted by atomic mass is 35.5. The predicted octanol–water partition coefficient (Wildman–Crippen LogP) is 5.69. The Hall–Kier alpha value is -2.77. The van der Waals surface area contributed by atoms with Gasteiger partial charge in [0.15, 0.2) is 0 Å². The van der Waals surface area contributed by atoms with Gasteiger partial charge in [-0.15, -0.1) is 10.2 Å². The zero-order valence-corrected chi connectivity index (χ0v) is 20.0. The molecular weight excluding hydrogens is 444 g/mol. The van der Waals surface area contributed by atoms with E-state index in [2.05, 4.69) is 22.4 Å². The summed E-state index contributed by atoms with van der Waals surface area (Å²) in [5, 5.41) is 12.8. The number of anilines is 1. The maximum absolute atomic E-state index is 13.1. The molecule has 0 unspecified atom stereocenters. The lowest BCUT2D eigenvalue weighted by molar-refractivity contribution is -0.116. The summed E-state index contributed by atoms with van der Waals surface area (Å²) in [4.78, 5) is 27.4. The molecule has 3 aromatic rings. The maximum Gasteiger partial charge on any atom is 0.254 e. The fourth-order valence-electron chi connectivity index (χ4n) is 3.18. The van der Waals surface area contributed by atoms with Crippen LogP contribution in [0.1, 0.15) is 49.5 Å². The second-order valence-electron chi connectivity index (χ2n) is 7.52. The topological polar surface area (TPSA) is 75.2 Å². The second-order valence-corrected chi connectivity index (χ2v) is 8.94. The first kappa shape index (κ1) is 23.9. The van der Waals surface area contributed by atoms with Gasteiger partial charge >= 0.3 is 0 Å². The molecule has 1 N–H and O–H groups in total. The van der Waals surface area contributed by atoms with E-state index in [1.54, 1.807) is 17.0 Å². The van der Waals surface area contributed by atoms with Gasteiger partial charge in [-0.2, -0.15) is 0 Å². The summed E-state index contributed by atoms with van der Waals surface area (Å²) in [6.45, 7) is 6.44. The minimum atomic E-state index is -0.203. The van der Waals surface area contributed by atoms with Gasteiger partial charge in [0.1, 0.15) is 5.01 Å². The number of carbonyl (C=O) groups excluding carboxylic acids is 2. The van der Waals surface area contributed by atoms with Gasteiger partial charge in [0.05, 0.1) is 0 Å². The Kier molecular flexibility index (Phi) is 8.36. The van der Waals surface area contributed by atoms with Crippen LogP contribution in [0.4, 0.5) is 5.13 Å². The van der Waals surface area contributed by atoms with Crippen molar-refractivity contribution in [2.24, 2.45) is 0 Å². The van der Waals surface area contributed by atoms with E-state index in [1.165, 1.54) is 16.9 Å². The van der Waals surface area contributed by atoms with Crippen molar-refractivity contribution in [2.45, 2.75) is 46.1 Å². The van der Waals surface area contributed by atoms with E-state index in [0.717, 1.165) is 18.4 Å². The zero-order chi connectivity index (χ0) is 23.1. The lowest BCUT2D eigenvalue weighted by Gasteiger charge is -2.28. The average molecular weight is 471 g/mol. The zero-order valence-electron chi connectivity index (χ0n) is 18.5. The monoisotopic (exact) mass is 470 g/mol. The molecule has 0 spiro atoms. The van der Waals surface area contributed by atoms with E-state index in [9.17, 15) is 9.59 Å². The maximum atomic E-state index is 13.1. The first-order valence-electron chi connectivity index (χ1n) is 10.7. The number of hydrogen-bond donors (Lipinski definition) is 1. The van der Waals surface area contributed by atoms with Gasteiger partial charge in [-0.1, -0.05) is 61.1 Å². The van der Waals surface area contributed by atoms with E-state index in [1.807, 2.05) is 50.2 Å². The summed E-state index contributed by atoms with van der Waals surface area (Å²) in [6.07, 6.45) is 1.91. The van der Waals surface area contributed by atoms with Gasteiger partial charge in [-0.3, -0.25) is 9.59 Å². The smallest absolute Gasteiger partial charge is 0.254 e. The molecule has 1 heterocycles. The van der Waals surface area contributed by atoms with Gasteiger partial charge in [-0.05, 0) is 49.6 Å². The lowest BCUT2D eigenvalue weighted by Crippen LogP contribution is -2.40. The molecule has 0 radical (unpaired) electrons. The molecule has 0 fully saturated rings. The third-order valence-electron chi connectivity index (χ3n) is 5.34. The molecule has 8 heteroatoms. The summed E-state index contributed by atoms with van der Waals surface area (Å²) in [6, 6.07) is 15.0. The largest absolute Gasteiger partial charge is 0.335 e. The number of aryl methyl sites for hydroxylation is 1. The normalized spacial score (nSPS) is 11.8. The quantitative estimate of drug-likeness (QED) is 0.435. The van der Waals surface area contributed by atoms with E-state index in [4.69, 9.17) is 11.6 Å². The highest BCUT2D eigenvalue weighted by Gasteiger charge is 2.21. The first-order chi connectivity index (χ1) is 15.4. The number of halogens is 1. The molecule has 3 rings (SSSR count). The van der Waals surface area contributed by atoms with Crippen molar-refractivity contribution in [3.05, 3.63) is 64.7 Å². The summed E-state index contributed by atoms with van der Waals surface area (Å²) in [5.74, 6) is -0.262. The van der Waals surface area contributed by atoms with Crippen molar-refractivity contribution in [1.82, 2.24) is 15.1 Å². The third kappa shape index (κ3) is 6.14. The number of hydrogen-bond acceptors (Lipinski definition) is 5. The van der Waals surface area contributed by atoms with Crippen LogP contribution in [0.15, 0.2) is 48.5 Å². The molecule has 32 heavy (non-hydrogen) atoms.